The number of hydrogen-bond acceptors (Lipinski definition) is 2. The molecule has 0 unspecified atom stereocenters. The monoisotopic (exact) mass is 286 g/mol. The lowest BCUT2D eigenvalue weighted by atomic mass is 9.82. The van der Waals surface area contributed by atoms with Crippen molar-refractivity contribution in [1.82, 2.24) is 5.32 Å². The minimum Gasteiger partial charge on any atom is -0.319 e. The minimum absolute atomic E-state index is 0. The van der Waals surface area contributed by atoms with Crippen LogP contribution in [0.2, 0.25) is 5.02 Å². The van der Waals surface area contributed by atoms with Gasteiger partial charge in [0, 0.05) is 18.1 Å². The van der Waals surface area contributed by atoms with E-state index in [0.717, 1.165) is 6.07 Å². The summed E-state index contributed by atoms with van der Waals surface area (Å²) in [7, 11) is 0. The molecule has 1 aromatic rings. The highest BCUT2D eigenvalue weighted by molar-refractivity contribution is 6.30. The Labute approximate surface area is 108 Å². The molecule has 2 nitrogen and oxygen atoms in total. The molecule has 0 amide bonds. The molecule has 1 aliphatic heterocycles. The summed E-state index contributed by atoms with van der Waals surface area (Å²) in [5, 5.41) is 3.13. The smallest absolute Gasteiger partial charge is 0.319 e. The van der Waals surface area contributed by atoms with E-state index in [4.69, 9.17) is 17.3 Å². The number of alkyl halides is 3. The van der Waals surface area contributed by atoms with E-state index in [0.29, 0.717) is 13.1 Å². The van der Waals surface area contributed by atoms with Crippen molar-refractivity contribution < 1.29 is 13.2 Å². The van der Waals surface area contributed by atoms with Gasteiger partial charge in [0.2, 0.25) is 0 Å². The molecule has 1 saturated heterocycles. The van der Waals surface area contributed by atoms with Crippen molar-refractivity contribution in [1.29, 1.82) is 0 Å². The SMILES string of the molecule is Cl.NC1(c2cc(Cl)ccc2C(F)(F)F)CNC1. The Hall–Kier alpha value is -0.490. The lowest BCUT2D eigenvalue weighted by Crippen LogP contribution is -2.63. The Morgan fingerprint density at radius 1 is 1.29 bits per heavy atom. The third-order valence-corrected chi connectivity index (χ3v) is 2.94. The van der Waals surface area contributed by atoms with Gasteiger partial charge in [0.25, 0.3) is 0 Å². The number of nitrogens with one attached hydrogen (secondary N) is 1. The lowest BCUT2D eigenvalue weighted by molar-refractivity contribution is -0.139. The lowest BCUT2D eigenvalue weighted by Gasteiger charge is -2.41. The molecule has 0 atom stereocenters. The highest BCUT2D eigenvalue weighted by Crippen LogP contribution is 2.38. The highest BCUT2D eigenvalue weighted by atomic mass is 35.5. The molecule has 1 aliphatic rings. The van der Waals surface area contributed by atoms with E-state index >= 15 is 0 Å². The maximum absolute atomic E-state index is 12.8. The summed E-state index contributed by atoms with van der Waals surface area (Å²) in [5.41, 5.74) is 4.26. The molecule has 0 aliphatic carbocycles. The van der Waals surface area contributed by atoms with E-state index in [1.54, 1.807) is 0 Å². The summed E-state index contributed by atoms with van der Waals surface area (Å²) in [4.78, 5) is 0. The van der Waals surface area contributed by atoms with Gasteiger partial charge in [-0.2, -0.15) is 13.2 Å². The third kappa shape index (κ3) is 2.68. The summed E-state index contributed by atoms with van der Waals surface area (Å²) >= 11 is 5.71. The van der Waals surface area contributed by atoms with Gasteiger partial charge in [-0.3, -0.25) is 0 Å². The molecule has 3 N–H and O–H groups in total. The van der Waals surface area contributed by atoms with Crippen molar-refractivity contribution in [2.75, 3.05) is 13.1 Å². The zero-order valence-electron chi connectivity index (χ0n) is 8.64. The van der Waals surface area contributed by atoms with Crippen LogP contribution in [-0.2, 0) is 11.7 Å². The van der Waals surface area contributed by atoms with Crippen LogP contribution in [0.15, 0.2) is 18.2 Å². The van der Waals surface area contributed by atoms with E-state index in [9.17, 15) is 13.2 Å². The summed E-state index contributed by atoms with van der Waals surface area (Å²) in [5.74, 6) is 0. The normalized spacial score (nSPS) is 18.2. The van der Waals surface area contributed by atoms with E-state index in [1.165, 1.54) is 12.1 Å². The molecule has 0 saturated carbocycles. The van der Waals surface area contributed by atoms with Crippen molar-refractivity contribution in [3.63, 3.8) is 0 Å². The number of benzene rings is 1. The predicted molar refractivity (Wildman–Crippen MR) is 62.4 cm³/mol. The van der Waals surface area contributed by atoms with Crippen molar-refractivity contribution in [2.45, 2.75) is 11.7 Å². The van der Waals surface area contributed by atoms with E-state index in [-0.39, 0.29) is 23.0 Å². The fourth-order valence-corrected chi connectivity index (χ4v) is 1.93. The van der Waals surface area contributed by atoms with Gasteiger partial charge in [0.1, 0.15) is 0 Å². The van der Waals surface area contributed by atoms with Crippen LogP contribution in [0, 0.1) is 0 Å². The van der Waals surface area contributed by atoms with E-state index < -0.39 is 17.3 Å². The van der Waals surface area contributed by atoms with Gasteiger partial charge in [-0.1, -0.05) is 11.6 Å². The van der Waals surface area contributed by atoms with Crippen LogP contribution in [0.4, 0.5) is 13.2 Å². The van der Waals surface area contributed by atoms with Crippen LogP contribution >= 0.6 is 24.0 Å². The van der Waals surface area contributed by atoms with E-state index in [2.05, 4.69) is 5.32 Å². The molecule has 1 aromatic carbocycles. The fraction of sp³-hybridized carbons (Fsp3) is 0.400. The molecule has 0 aromatic heterocycles. The second-order valence-corrected chi connectivity index (χ2v) is 4.38. The maximum Gasteiger partial charge on any atom is 0.416 e. The summed E-state index contributed by atoms with van der Waals surface area (Å²) in [6.45, 7) is 0.660. The molecule has 96 valence electrons. The zero-order valence-corrected chi connectivity index (χ0v) is 10.2. The van der Waals surface area contributed by atoms with Crippen LogP contribution in [-0.4, -0.2) is 13.1 Å². The quantitative estimate of drug-likeness (QED) is 0.833. The van der Waals surface area contributed by atoms with Gasteiger partial charge >= 0.3 is 6.18 Å². The van der Waals surface area contributed by atoms with Crippen LogP contribution in [0.25, 0.3) is 0 Å². The number of halogens is 5. The molecule has 1 fully saturated rings. The molecule has 0 radical (unpaired) electrons. The molecule has 7 heteroatoms. The number of rotatable bonds is 1. The average molecular weight is 287 g/mol. The Morgan fingerprint density at radius 2 is 1.88 bits per heavy atom. The van der Waals surface area contributed by atoms with Crippen LogP contribution in [0.3, 0.4) is 0 Å². The van der Waals surface area contributed by atoms with Gasteiger partial charge in [-0.25, -0.2) is 0 Å². The van der Waals surface area contributed by atoms with Gasteiger partial charge in [-0.15, -0.1) is 12.4 Å². The number of nitrogens with two attached hydrogens (primary N) is 1. The van der Waals surface area contributed by atoms with Crippen molar-refractivity contribution >= 4 is 24.0 Å². The van der Waals surface area contributed by atoms with Crippen LogP contribution < -0.4 is 11.1 Å². The largest absolute Gasteiger partial charge is 0.416 e. The second kappa shape index (κ2) is 4.65. The highest BCUT2D eigenvalue weighted by Gasteiger charge is 2.42. The molecule has 0 spiro atoms. The second-order valence-electron chi connectivity index (χ2n) is 3.95. The van der Waals surface area contributed by atoms with Gasteiger partial charge in [0.15, 0.2) is 0 Å². The van der Waals surface area contributed by atoms with Gasteiger partial charge < -0.3 is 11.1 Å². The fourth-order valence-electron chi connectivity index (χ4n) is 1.76. The van der Waals surface area contributed by atoms with Crippen molar-refractivity contribution in [3.8, 4) is 0 Å². The third-order valence-electron chi connectivity index (χ3n) is 2.70. The summed E-state index contributed by atoms with van der Waals surface area (Å²) in [6.07, 6.45) is -4.40. The van der Waals surface area contributed by atoms with Crippen molar-refractivity contribution in [3.05, 3.63) is 34.3 Å². The van der Waals surface area contributed by atoms with Crippen LogP contribution in [0.1, 0.15) is 11.1 Å². The van der Waals surface area contributed by atoms with Crippen LogP contribution in [0.5, 0.6) is 0 Å². The summed E-state index contributed by atoms with van der Waals surface area (Å²) in [6, 6.07) is 3.50. The van der Waals surface area contributed by atoms with E-state index in [1.807, 2.05) is 0 Å². The topological polar surface area (TPSA) is 38.0 Å². The summed E-state index contributed by atoms with van der Waals surface area (Å²) < 4.78 is 38.3. The number of hydrogen-bond donors (Lipinski definition) is 2. The minimum atomic E-state index is -4.40. The maximum atomic E-state index is 12.8. The Balaban J connectivity index is 0.00000144. The molecule has 1 heterocycles. The molecule has 2 rings (SSSR count). The molecule has 0 bridgehead atoms. The first-order valence-electron chi connectivity index (χ1n) is 4.70. The first-order chi connectivity index (χ1) is 7.33. The van der Waals surface area contributed by atoms with Gasteiger partial charge in [0.05, 0.1) is 11.1 Å². The molecular weight excluding hydrogens is 276 g/mol. The standard InChI is InChI=1S/C10H10ClF3N2.ClH/c11-6-1-2-7(10(12,13)14)8(3-6)9(15)4-16-5-9;/h1-3,16H,4-5,15H2;1H. The predicted octanol–water partition coefficient (Wildman–Crippen LogP) is 2.54. The Kier molecular flexibility index (Phi) is 3.98. The van der Waals surface area contributed by atoms with Crippen molar-refractivity contribution in [2.24, 2.45) is 5.73 Å². The molecule has 17 heavy (non-hydrogen) atoms. The molecular formula is C10H11Cl2F3N2. The Morgan fingerprint density at radius 3 is 2.29 bits per heavy atom. The van der Waals surface area contributed by atoms with Gasteiger partial charge in [-0.05, 0) is 23.8 Å². The first-order valence-corrected chi connectivity index (χ1v) is 5.07. The Bertz CT molecular complexity index is 417. The zero-order chi connectivity index (χ0) is 12.0. The first kappa shape index (κ1) is 14.6. The average Bonchev–Trinajstić information content (AvgIpc) is 2.12.